The lowest BCUT2D eigenvalue weighted by Crippen LogP contribution is -2.24. The Morgan fingerprint density at radius 1 is 1.06 bits per heavy atom. The molecular weight excluding hydrogens is 222 g/mol. The molecule has 1 heterocycles. The van der Waals surface area contributed by atoms with Crippen molar-refractivity contribution in [2.24, 2.45) is 5.92 Å². The normalized spacial score (nSPS) is 13.1. The van der Waals surface area contributed by atoms with Gasteiger partial charge in [0, 0.05) is 18.4 Å². The van der Waals surface area contributed by atoms with Gasteiger partial charge in [-0.05, 0) is 30.7 Å². The van der Waals surface area contributed by atoms with E-state index in [2.05, 4.69) is 47.3 Å². The smallest absolute Gasteiger partial charge is 0.0890 e. The third-order valence-electron chi connectivity index (χ3n) is 3.68. The highest BCUT2D eigenvalue weighted by Gasteiger charge is 2.18. The van der Waals surface area contributed by atoms with Gasteiger partial charge in [-0.2, -0.15) is 0 Å². The Hall–Kier alpha value is -1.48. The van der Waals surface area contributed by atoms with E-state index in [0.29, 0.717) is 12.0 Å². The van der Waals surface area contributed by atoms with Gasteiger partial charge in [-0.15, -0.1) is 0 Å². The summed E-state index contributed by atoms with van der Waals surface area (Å²) in [5.74, 6) is 0.657. The molecule has 0 amide bonds. The van der Waals surface area contributed by atoms with Crippen molar-refractivity contribution in [1.82, 2.24) is 15.3 Å². The van der Waals surface area contributed by atoms with Crippen molar-refractivity contribution >= 4 is 11.0 Å². The van der Waals surface area contributed by atoms with Gasteiger partial charge < -0.3 is 5.32 Å². The van der Waals surface area contributed by atoms with E-state index in [1.165, 1.54) is 18.4 Å². The second kappa shape index (κ2) is 5.91. The molecule has 0 saturated heterocycles. The molecule has 0 radical (unpaired) electrons. The first-order valence-electron chi connectivity index (χ1n) is 6.68. The molecule has 3 nitrogen and oxygen atoms in total. The number of hydrogen-bond donors (Lipinski definition) is 1. The summed E-state index contributed by atoms with van der Waals surface area (Å²) in [5.41, 5.74) is 3.24. The molecule has 0 aliphatic rings. The predicted molar refractivity (Wildman–Crippen MR) is 75.4 cm³/mol. The number of fused-ring (bicyclic) bond motifs is 1. The lowest BCUT2D eigenvalue weighted by Gasteiger charge is -2.25. The first-order chi connectivity index (χ1) is 8.80. The second-order valence-electron chi connectivity index (χ2n) is 4.65. The molecule has 0 spiro atoms. The topological polar surface area (TPSA) is 37.8 Å². The predicted octanol–water partition coefficient (Wildman–Crippen LogP) is 3.33. The van der Waals surface area contributed by atoms with Crippen molar-refractivity contribution in [3.8, 4) is 0 Å². The number of rotatable bonds is 5. The van der Waals surface area contributed by atoms with Crippen LogP contribution in [0.25, 0.3) is 11.0 Å². The maximum atomic E-state index is 4.38. The Kier molecular flexibility index (Phi) is 4.26. The largest absolute Gasteiger partial charge is 0.313 e. The Bertz CT molecular complexity index is 506. The number of hydrogen-bond acceptors (Lipinski definition) is 3. The summed E-state index contributed by atoms with van der Waals surface area (Å²) in [6.07, 6.45) is 5.84. The van der Waals surface area contributed by atoms with Gasteiger partial charge in [0.2, 0.25) is 0 Å². The van der Waals surface area contributed by atoms with Crippen LogP contribution in [0.1, 0.15) is 38.3 Å². The minimum absolute atomic E-state index is 0.395. The molecular formula is C15H21N3. The first-order valence-corrected chi connectivity index (χ1v) is 6.68. The van der Waals surface area contributed by atoms with Crippen LogP contribution in [0.4, 0.5) is 0 Å². The standard InChI is InChI=1S/C15H21N3/c1-4-11(5-2)15(16-3)12-6-7-13-14(10-12)18-9-8-17-13/h6-11,15-16H,4-5H2,1-3H3. The zero-order chi connectivity index (χ0) is 13.0. The molecule has 3 heteroatoms. The summed E-state index contributed by atoms with van der Waals surface area (Å²) in [6, 6.07) is 6.77. The lowest BCUT2D eigenvalue weighted by molar-refractivity contribution is 0.360. The summed E-state index contributed by atoms with van der Waals surface area (Å²) in [6.45, 7) is 4.50. The SMILES string of the molecule is CCC(CC)C(NC)c1ccc2nccnc2c1. The van der Waals surface area contributed by atoms with E-state index in [4.69, 9.17) is 0 Å². The fraction of sp³-hybridized carbons (Fsp3) is 0.467. The summed E-state index contributed by atoms with van der Waals surface area (Å²) in [5, 5.41) is 3.44. The van der Waals surface area contributed by atoms with Crippen molar-refractivity contribution < 1.29 is 0 Å². The van der Waals surface area contributed by atoms with Gasteiger partial charge in [-0.1, -0.05) is 32.8 Å². The summed E-state index contributed by atoms with van der Waals surface area (Å²) < 4.78 is 0. The highest BCUT2D eigenvalue weighted by Crippen LogP contribution is 2.28. The third kappa shape index (κ3) is 2.51. The van der Waals surface area contributed by atoms with Crippen LogP contribution in [0.15, 0.2) is 30.6 Å². The van der Waals surface area contributed by atoms with Gasteiger partial charge in [-0.3, -0.25) is 9.97 Å². The number of benzene rings is 1. The summed E-state index contributed by atoms with van der Waals surface area (Å²) >= 11 is 0. The molecule has 0 aliphatic heterocycles. The van der Waals surface area contributed by atoms with E-state index < -0.39 is 0 Å². The Morgan fingerprint density at radius 2 is 1.72 bits per heavy atom. The van der Waals surface area contributed by atoms with Crippen molar-refractivity contribution in [1.29, 1.82) is 0 Å². The average molecular weight is 243 g/mol. The maximum Gasteiger partial charge on any atom is 0.0890 e. The van der Waals surface area contributed by atoms with Gasteiger partial charge in [0.05, 0.1) is 11.0 Å². The van der Waals surface area contributed by atoms with Crippen LogP contribution >= 0.6 is 0 Å². The molecule has 1 aromatic heterocycles. The lowest BCUT2D eigenvalue weighted by atomic mass is 9.89. The average Bonchev–Trinajstić information content (AvgIpc) is 2.44. The molecule has 18 heavy (non-hydrogen) atoms. The fourth-order valence-electron chi connectivity index (χ4n) is 2.61. The zero-order valence-electron chi connectivity index (χ0n) is 11.4. The molecule has 96 valence electrons. The van der Waals surface area contributed by atoms with Gasteiger partial charge in [0.15, 0.2) is 0 Å². The summed E-state index contributed by atoms with van der Waals surface area (Å²) in [7, 11) is 2.03. The van der Waals surface area contributed by atoms with E-state index in [1.54, 1.807) is 12.4 Å². The van der Waals surface area contributed by atoms with Crippen LogP contribution in [-0.4, -0.2) is 17.0 Å². The van der Waals surface area contributed by atoms with Gasteiger partial charge in [0.25, 0.3) is 0 Å². The summed E-state index contributed by atoms with van der Waals surface area (Å²) in [4.78, 5) is 8.69. The first kappa shape index (κ1) is 13.0. The van der Waals surface area contributed by atoms with E-state index in [1.807, 2.05) is 7.05 Å². The third-order valence-corrected chi connectivity index (χ3v) is 3.68. The molecule has 1 aromatic carbocycles. The zero-order valence-corrected chi connectivity index (χ0v) is 11.4. The molecule has 1 N–H and O–H groups in total. The van der Waals surface area contributed by atoms with Crippen LogP contribution < -0.4 is 5.32 Å². The molecule has 2 aromatic rings. The molecule has 0 aliphatic carbocycles. The van der Waals surface area contributed by atoms with Crippen molar-refractivity contribution in [3.63, 3.8) is 0 Å². The van der Waals surface area contributed by atoms with E-state index in [9.17, 15) is 0 Å². The van der Waals surface area contributed by atoms with Crippen LogP contribution in [0.5, 0.6) is 0 Å². The highest BCUT2D eigenvalue weighted by atomic mass is 14.9. The van der Waals surface area contributed by atoms with Crippen molar-refractivity contribution in [2.45, 2.75) is 32.7 Å². The van der Waals surface area contributed by atoms with Crippen LogP contribution in [0.2, 0.25) is 0 Å². The molecule has 0 saturated carbocycles. The minimum Gasteiger partial charge on any atom is -0.313 e. The molecule has 0 bridgehead atoms. The minimum atomic E-state index is 0.395. The van der Waals surface area contributed by atoms with Gasteiger partial charge in [-0.25, -0.2) is 0 Å². The van der Waals surface area contributed by atoms with Crippen LogP contribution in [0, 0.1) is 5.92 Å². The Balaban J connectivity index is 2.39. The van der Waals surface area contributed by atoms with Gasteiger partial charge >= 0.3 is 0 Å². The Morgan fingerprint density at radius 3 is 2.33 bits per heavy atom. The second-order valence-corrected chi connectivity index (χ2v) is 4.65. The van der Waals surface area contributed by atoms with E-state index in [0.717, 1.165) is 11.0 Å². The molecule has 1 atom stereocenters. The quantitative estimate of drug-likeness (QED) is 0.875. The van der Waals surface area contributed by atoms with Crippen LogP contribution in [-0.2, 0) is 0 Å². The van der Waals surface area contributed by atoms with E-state index in [-0.39, 0.29) is 0 Å². The maximum absolute atomic E-state index is 4.38. The Labute approximate surface area is 109 Å². The van der Waals surface area contributed by atoms with Crippen LogP contribution in [0.3, 0.4) is 0 Å². The van der Waals surface area contributed by atoms with Gasteiger partial charge in [0.1, 0.15) is 0 Å². The molecule has 1 unspecified atom stereocenters. The number of nitrogens with one attached hydrogen (secondary N) is 1. The van der Waals surface area contributed by atoms with Crippen molar-refractivity contribution in [3.05, 3.63) is 36.2 Å². The number of nitrogens with zero attached hydrogens (tertiary/aromatic N) is 2. The highest BCUT2D eigenvalue weighted by molar-refractivity contribution is 5.74. The number of aromatic nitrogens is 2. The fourth-order valence-corrected chi connectivity index (χ4v) is 2.61. The monoisotopic (exact) mass is 243 g/mol. The van der Waals surface area contributed by atoms with Crippen molar-refractivity contribution in [2.75, 3.05) is 7.05 Å². The molecule has 2 rings (SSSR count). The van der Waals surface area contributed by atoms with E-state index >= 15 is 0 Å². The molecule has 0 fully saturated rings.